The number of benzene rings is 1. The summed E-state index contributed by atoms with van der Waals surface area (Å²) in [5.74, 6) is 0.674. The summed E-state index contributed by atoms with van der Waals surface area (Å²) in [7, 11) is 0. The molecule has 1 amide bonds. The fraction of sp³-hybridized carbons (Fsp3) is 0.364. The number of thioether (sulfide) groups is 1. The largest absolute Gasteiger partial charge is 0.324 e. The van der Waals surface area contributed by atoms with Gasteiger partial charge in [-0.1, -0.05) is 17.7 Å². The zero-order chi connectivity index (χ0) is 12.8. The van der Waals surface area contributed by atoms with Crippen LogP contribution in [0.3, 0.4) is 0 Å². The van der Waals surface area contributed by atoms with Crippen LogP contribution in [0.4, 0.5) is 5.69 Å². The zero-order valence-corrected chi connectivity index (χ0v) is 12.5. The maximum Gasteiger partial charge on any atom is 0.241 e. The number of anilines is 1. The molecule has 1 aromatic carbocycles. The Balaban J connectivity index is 2.64. The molecule has 0 aromatic heterocycles. The van der Waals surface area contributed by atoms with E-state index in [0.717, 1.165) is 5.75 Å². The van der Waals surface area contributed by atoms with Crippen molar-refractivity contribution in [1.82, 2.24) is 0 Å². The number of halogens is 2. The maximum absolute atomic E-state index is 11.8. The molecule has 6 heteroatoms. The number of carbonyl (C=O) groups is 1. The molecule has 3 N–H and O–H groups in total. The van der Waals surface area contributed by atoms with Crippen LogP contribution in [0.5, 0.6) is 0 Å². The van der Waals surface area contributed by atoms with Gasteiger partial charge in [0.1, 0.15) is 0 Å². The molecular formula is C11H14BrClN2OS. The number of hydrogen-bond acceptors (Lipinski definition) is 3. The molecule has 0 heterocycles. The number of carbonyl (C=O) groups excluding carboxylic acids is 1. The van der Waals surface area contributed by atoms with Crippen LogP contribution in [0.2, 0.25) is 5.02 Å². The summed E-state index contributed by atoms with van der Waals surface area (Å²) < 4.78 is 0.673. The van der Waals surface area contributed by atoms with E-state index in [2.05, 4.69) is 21.2 Å². The molecule has 1 aromatic rings. The van der Waals surface area contributed by atoms with E-state index >= 15 is 0 Å². The first-order valence-corrected chi connectivity index (χ1v) is 7.62. The zero-order valence-electron chi connectivity index (χ0n) is 9.37. The van der Waals surface area contributed by atoms with Crippen LogP contribution in [0.25, 0.3) is 0 Å². The summed E-state index contributed by atoms with van der Waals surface area (Å²) in [4.78, 5) is 11.8. The minimum atomic E-state index is -0.492. The lowest BCUT2D eigenvalue weighted by atomic mass is 10.2. The Morgan fingerprint density at radius 1 is 1.65 bits per heavy atom. The summed E-state index contributed by atoms with van der Waals surface area (Å²) in [6.07, 6.45) is 2.64. The summed E-state index contributed by atoms with van der Waals surface area (Å²) in [6, 6.07) is 4.80. The molecule has 0 fully saturated rings. The second kappa shape index (κ2) is 7.26. The number of hydrogen-bond donors (Lipinski definition) is 2. The highest BCUT2D eigenvalue weighted by Crippen LogP contribution is 2.30. The molecule has 0 aliphatic heterocycles. The topological polar surface area (TPSA) is 55.1 Å². The van der Waals surface area contributed by atoms with Crippen LogP contribution in [-0.4, -0.2) is 24.0 Å². The Bertz CT molecular complexity index is 403. The molecule has 0 aliphatic carbocycles. The molecule has 94 valence electrons. The lowest BCUT2D eigenvalue weighted by Gasteiger charge is -2.13. The van der Waals surface area contributed by atoms with Gasteiger partial charge in [0.25, 0.3) is 0 Å². The Kier molecular flexibility index (Phi) is 6.33. The minimum Gasteiger partial charge on any atom is -0.324 e. The Hall–Kier alpha value is -0.230. The van der Waals surface area contributed by atoms with Gasteiger partial charge in [-0.25, -0.2) is 0 Å². The average molecular weight is 338 g/mol. The minimum absolute atomic E-state index is 0.193. The summed E-state index contributed by atoms with van der Waals surface area (Å²) in [5, 5.41) is 3.31. The molecule has 0 saturated heterocycles. The normalized spacial score (nSPS) is 12.2. The fourth-order valence-corrected chi connectivity index (χ4v) is 2.23. The van der Waals surface area contributed by atoms with Crippen molar-refractivity contribution in [2.75, 3.05) is 17.3 Å². The third-order valence-corrected chi connectivity index (χ3v) is 4.22. The van der Waals surface area contributed by atoms with Crippen LogP contribution in [0.1, 0.15) is 6.42 Å². The predicted octanol–water partition coefficient (Wildman–Crippen LogP) is 3.12. The molecule has 0 spiro atoms. The molecule has 0 aliphatic rings. The summed E-state index contributed by atoms with van der Waals surface area (Å²) >= 11 is 10.9. The lowest BCUT2D eigenvalue weighted by Crippen LogP contribution is -2.36. The quantitative estimate of drug-likeness (QED) is 0.868. The van der Waals surface area contributed by atoms with E-state index in [9.17, 15) is 4.79 Å². The van der Waals surface area contributed by atoms with Crippen LogP contribution < -0.4 is 11.1 Å². The number of nitrogens with one attached hydrogen (secondary N) is 1. The highest BCUT2D eigenvalue weighted by molar-refractivity contribution is 9.10. The number of rotatable bonds is 5. The molecule has 17 heavy (non-hydrogen) atoms. The van der Waals surface area contributed by atoms with Crippen LogP contribution >= 0.6 is 39.3 Å². The predicted molar refractivity (Wildman–Crippen MR) is 78.8 cm³/mol. The van der Waals surface area contributed by atoms with Gasteiger partial charge in [0.2, 0.25) is 5.91 Å². The van der Waals surface area contributed by atoms with Crippen molar-refractivity contribution < 1.29 is 4.79 Å². The van der Waals surface area contributed by atoms with Crippen LogP contribution in [-0.2, 0) is 4.79 Å². The summed E-state index contributed by atoms with van der Waals surface area (Å²) in [6.45, 7) is 0. The van der Waals surface area contributed by atoms with Gasteiger partial charge in [-0.3, -0.25) is 4.79 Å². The van der Waals surface area contributed by atoms with Crippen LogP contribution in [0.15, 0.2) is 22.7 Å². The molecule has 0 saturated carbocycles. The monoisotopic (exact) mass is 336 g/mol. The first-order chi connectivity index (χ1) is 8.06. The second-order valence-corrected chi connectivity index (χ2v) is 5.66. The number of amides is 1. The van der Waals surface area contributed by atoms with E-state index in [1.54, 1.807) is 30.0 Å². The van der Waals surface area contributed by atoms with Crippen molar-refractivity contribution in [2.24, 2.45) is 5.73 Å². The fourth-order valence-electron chi connectivity index (χ4n) is 1.20. The van der Waals surface area contributed by atoms with Crippen LogP contribution in [0, 0.1) is 0 Å². The van der Waals surface area contributed by atoms with Gasteiger partial charge in [0.05, 0.1) is 21.2 Å². The second-order valence-electron chi connectivity index (χ2n) is 3.48. The van der Waals surface area contributed by atoms with Gasteiger partial charge >= 0.3 is 0 Å². The molecule has 0 unspecified atom stereocenters. The SMILES string of the molecule is CSCC[C@H](N)C(=O)Nc1cccc(Cl)c1Br. The van der Waals surface area contributed by atoms with Crippen molar-refractivity contribution in [1.29, 1.82) is 0 Å². The number of nitrogens with two attached hydrogens (primary N) is 1. The first-order valence-electron chi connectivity index (χ1n) is 5.05. The average Bonchev–Trinajstić information content (AvgIpc) is 2.31. The van der Waals surface area contributed by atoms with E-state index in [1.807, 2.05) is 6.26 Å². The molecule has 1 rings (SSSR count). The van der Waals surface area contributed by atoms with Crippen molar-refractivity contribution >= 4 is 50.9 Å². The Morgan fingerprint density at radius 2 is 2.35 bits per heavy atom. The Labute approximate surface area is 119 Å². The molecule has 0 radical (unpaired) electrons. The van der Waals surface area contributed by atoms with E-state index in [4.69, 9.17) is 17.3 Å². The third-order valence-electron chi connectivity index (χ3n) is 2.18. The highest BCUT2D eigenvalue weighted by atomic mass is 79.9. The van der Waals surface area contributed by atoms with E-state index in [0.29, 0.717) is 21.6 Å². The maximum atomic E-state index is 11.8. The third kappa shape index (κ3) is 4.50. The van der Waals surface area contributed by atoms with Gasteiger partial charge in [-0.2, -0.15) is 11.8 Å². The smallest absolute Gasteiger partial charge is 0.241 e. The van der Waals surface area contributed by atoms with E-state index in [-0.39, 0.29) is 5.91 Å². The van der Waals surface area contributed by atoms with Crippen molar-refractivity contribution in [2.45, 2.75) is 12.5 Å². The van der Waals surface area contributed by atoms with Gasteiger partial charge in [-0.05, 0) is 46.5 Å². The van der Waals surface area contributed by atoms with Gasteiger partial charge < -0.3 is 11.1 Å². The van der Waals surface area contributed by atoms with E-state index in [1.165, 1.54) is 0 Å². The summed E-state index contributed by atoms with van der Waals surface area (Å²) in [5.41, 5.74) is 6.41. The molecular weight excluding hydrogens is 324 g/mol. The van der Waals surface area contributed by atoms with Gasteiger partial charge in [0, 0.05) is 0 Å². The molecule has 3 nitrogen and oxygen atoms in total. The standard InChI is InChI=1S/C11H14BrClN2OS/c1-17-6-5-8(14)11(16)15-9-4-2-3-7(13)10(9)12/h2-4,8H,5-6,14H2,1H3,(H,15,16)/t8-/m0/s1. The van der Waals surface area contributed by atoms with Crippen molar-refractivity contribution in [3.8, 4) is 0 Å². The Morgan fingerprint density at radius 3 is 3.00 bits per heavy atom. The van der Waals surface area contributed by atoms with Crippen molar-refractivity contribution in [3.05, 3.63) is 27.7 Å². The van der Waals surface area contributed by atoms with Gasteiger partial charge in [0.15, 0.2) is 0 Å². The van der Waals surface area contributed by atoms with E-state index < -0.39 is 6.04 Å². The van der Waals surface area contributed by atoms with Crippen molar-refractivity contribution in [3.63, 3.8) is 0 Å². The molecule has 0 bridgehead atoms. The highest BCUT2D eigenvalue weighted by Gasteiger charge is 2.14. The first kappa shape index (κ1) is 14.8. The van der Waals surface area contributed by atoms with Gasteiger partial charge in [-0.15, -0.1) is 0 Å². The lowest BCUT2D eigenvalue weighted by molar-refractivity contribution is -0.117. The molecule has 1 atom stereocenters.